The molecule has 0 heterocycles. The van der Waals surface area contributed by atoms with Crippen molar-refractivity contribution in [1.29, 1.82) is 0 Å². The summed E-state index contributed by atoms with van der Waals surface area (Å²) in [5.41, 5.74) is 4.71. The third-order valence-electron chi connectivity index (χ3n) is 1.69. The molecule has 0 aromatic carbocycles. The van der Waals surface area contributed by atoms with E-state index in [9.17, 15) is 4.79 Å². The number of primary amides is 1. The Balaban J connectivity index is 0. The Morgan fingerprint density at radius 2 is 1.59 bits per heavy atom. The lowest BCUT2D eigenvalue weighted by atomic mass is 10.6. The van der Waals surface area contributed by atoms with Crippen LogP contribution in [-0.4, -0.2) is 52.3 Å². The van der Waals surface area contributed by atoms with Gasteiger partial charge in [0.05, 0.1) is 14.2 Å². The molecule has 0 aliphatic rings. The molecule has 0 unspecified atom stereocenters. The number of rotatable bonds is 6. The Morgan fingerprint density at radius 1 is 1.18 bits per heavy atom. The molecule has 104 valence electrons. The van der Waals surface area contributed by atoms with Crippen LogP contribution < -0.4 is 5.73 Å². The molecule has 0 aliphatic heterocycles. The van der Waals surface area contributed by atoms with Crippen LogP contribution in [0.25, 0.3) is 0 Å². The second kappa shape index (κ2) is 10.2. The van der Waals surface area contributed by atoms with Crippen LogP contribution in [0.2, 0.25) is 0 Å². The summed E-state index contributed by atoms with van der Waals surface area (Å²) >= 11 is 0. The zero-order valence-corrected chi connectivity index (χ0v) is 11.2. The molecule has 0 rings (SSSR count). The summed E-state index contributed by atoms with van der Waals surface area (Å²) in [4.78, 5) is 19.5. The Kier molecular flexibility index (Phi) is 11.1. The number of hydroxylamine groups is 2. The van der Waals surface area contributed by atoms with Gasteiger partial charge in [-0.25, -0.2) is 4.79 Å². The Labute approximate surface area is 101 Å². The van der Waals surface area contributed by atoms with E-state index in [4.69, 9.17) is 5.73 Å². The fraction of sp³-hybridized carbons (Fsp3) is 0.889. The van der Waals surface area contributed by atoms with E-state index in [1.165, 1.54) is 26.4 Å². The minimum atomic E-state index is -1.37. The molecule has 0 saturated heterocycles. The molecule has 0 bridgehead atoms. The largest absolute Gasteiger partial charge is 0.408 e. The number of carbonyl (C=O) groups excluding carboxylic acids is 1. The highest BCUT2D eigenvalue weighted by molar-refractivity contribution is 5.64. The number of methoxy groups -OCH3 is 2. The lowest BCUT2D eigenvalue weighted by Crippen LogP contribution is -2.37. The maximum atomic E-state index is 10.2. The van der Waals surface area contributed by atoms with E-state index in [1.54, 1.807) is 14.2 Å². The van der Waals surface area contributed by atoms with E-state index in [1.807, 2.05) is 6.92 Å². The number of nitrogens with zero attached hydrogens (tertiary/aromatic N) is 1. The summed E-state index contributed by atoms with van der Waals surface area (Å²) in [6.07, 6.45) is -0.939. The van der Waals surface area contributed by atoms with Gasteiger partial charge >= 0.3 is 12.1 Å². The summed E-state index contributed by atoms with van der Waals surface area (Å²) in [5.74, 6) is -1.37. The molecule has 8 heteroatoms. The fourth-order valence-electron chi connectivity index (χ4n) is 0.682. The van der Waals surface area contributed by atoms with Gasteiger partial charge in [-0.3, -0.25) is 9.68 Å². The van der Waals surface area contributed by atoms with Crippen LogP contribution in [0, 0.1) is 0 Å². The first-order valence-electron chi connectivity index (χ1n) is 4.83. The highest BCUT2D eigenvalue weighted by atomic mass is 16.9. The van der Waals surface area contributed by atoms with E-state index in [-0.39, 0.29) is 0 Å². The molecule has 0 spiro atoms. The van der Waals surface area contributed by atoms with Gasteiger partial charge in [0.15, 0.2) is 0 Å². The average molecular weight is 254 g/mol. The van der Waals surface area contributed by atoms with Crippen LogP contribution in [0.15, 0.2) is 0 Å². The monoisotopic (exact) mass is 254 g/mol. The van der Waals surface area contributed by atoms with Crippen molar-refractivity contribution in [3.8, 4) is 0 Å². The molecule has 8 nitrogen and oxygen atoms in total. The van der Waals surface area contributed by atoms with Crippen molar-refractivity contribution in [2.24, 2.45) is 5.73 Å². The van der Waals surface area contributed by atoms with Crippen molar-refractivity contribution >= 4 is 6.09 Å². The summed E-state index contributed by atoms with van der Waals surface area (Å²) < 4.78 is 13.7. The van der Waals surface area contributed by atoms with Gasteiger partial charge in [0, 0.05) is 27.7 Å². The molecule has 0 saturated carbocycles. The Bertz CT molecular complexity index is 188. The number of nitrogens with two attached hydrogens (primary N) is 1. The van der Waals surface area contributed by atoms with Crippen LogP contribution in [-0.2, 0) is 23.9 Å². The zero-order valence-electron chi connectivity index (χ0n) is 11.2. The van der Waals surface area contributed by atoms with Crippen molar-refractivity contribution in [3.05, 3.63) is 0 Å². The number of carbonyl (C=O) groups is 1. The number of ether oxygens (including phenoxy) is 3. The van der Waals surface area contributed by atoms with Crippen LogP contribution in [0.3, 0.4) is 0 Å². The van der Waals surface area contributed by atoms with Crippen LogP contribution in [0.4, 0.5) is 4.79 Å². The summed E-state index contributed by atoms with van der Waals surface area (Å²) in [7, 11) is 5.80. The highest BCUT2D eigenvalue weighted by Gasteiger charge is 2.26. The zero-order chi connectivity index (χ0) is 13.9. The first-order chi connectivity index (χ1) is 7.88. The first kappa shape index (κ1) is 18.4. The number of amides is 1. The molecule has 0 aromatic heterocycles. The van der Waals surface area contributed by atoms with Gasteiger partial charge in [-0.05, 0) is 6.92 Å². The third-order valence-corrected chi connectivity index (χ3v) is 1.69. The quantitative estimate of drug-likeness (QED) is 0.544. The molecule has 0 aliphatic carbocycles. The Hall–Kier alpha value is -0.930. The van der Waals surface area contributed by atoms with Crippen LogP contribution in [0.5, 0.6) is 0 Å². The van der Waals surface area contributed by atoms with E-state index in [0.29, 0.717) is 0 Å². The second-order valence-corrected chi connectivity index (χ2v) is 2.71. The van der Waals surface area contributed by atoms with Gasteiger partial charge in [0.1, 0.15) is 0 Å². The van der Waals surface area contributed by atoms with Crippen molar-refractivity contribution in [1.82, 2.24) is 5.23 Å². The molecule has 0 fully saturated rings. The summed E-state index contributed by atoms with van der Waals surface area (Å²) in [6.45, 7) is 4.11. The van der Waals surface area contributed by atoms with Crippen molar-refractivity contribution in [2.75, 3.05) is 35.0 Å². The van der Waals surface area contributed by atoms with Crippen LogP contribution in [0.1, 0.15) is 13.8 Å². The second-order valence-electron chi connectivity index (χ2n) is 2.71. The summed E-state index contributed by atoms with van der Waals surface area (Å²) in [6, 6.07) is 0. The van der Waals surface area contributed by atoms with Crippen molar-refractivity contribution in [2.45, 2.75) is 19.8 Å². The normalized spacial score (nSPS) is 10.8. The first-order valence-corrected chi connectivity index (χ1v) is 4.83. The van der Waals surface area contributed by atoms with E-state index in [2.05, 4.69) is 23.9 Å². The van der Waals surface area contributed by atoms with Crippen molar-refractivity contribution < 1.29 is 28.7 Å². The highest BCUT2D eigenvalue weighted by Crippen LogP contribution is 2.10. The van der Waals surface area contributed by atoms with Gasteiger partial charge in [-0.15, -0.1) is 0 Å². The fourth-order valence-corrected chi connectivity index (χ4v) is 0.682. The SMILES string of the molecule is CCN(OC)OC.COC(C)(OC)OC(N)=O. The molecule has 0 aromatic rings. The van der Waals surface area contributed by atoms with Gasteiger partial charge in [0.2, 0.25) is 0 Å². The smallest absolute Gasteiger partial charge is 0.392 e. The number of hydrogen-bond donors (Lipinski definition) is 1. The molecule has 1 amide bonds. The van der Waals surface area contributed by atoms with Gasteiger partial charge < -0.3 is 19.9 Å². The third kappa shape index (κ3) is 9.97. The van der Waals surface area contributed by atoms with E-state index in [0.717, 1.165) is 6.54 Å². The maximum absolute atomic E-state index is 10.2. The predicted octanol–water partition coefficient (Wildman–Crippen LogP) is 0.479. The topological polar surface area (TPSA) is 92.5 Å². The van der Waals surface area contributed by atoms with E-state index >= 15 is 0 Å². The average Bonchev–Trinajstić information content (AvgIpc) is 2.31. The number of hydrogen-bond acceptors (Lipinski definition) is 7. The maximum Gasteiger partial charge on any atom is 0.408 e. The van der Waals surface area contributed by atoms with E-state index < -0.39 is 12.1 Å². The minimum Gasteiger partial charge on any atom is -0.392 e. The van der Waals surface area contributed by atoms with Crippen molar-refractivity contribution in [3.63, 3.8) is 0 Å². The van der Waals surface area contributed by atoms with Gasteiger partial charge in [0.25, 0.3) is 0 Å². The molecule has 0 atom stereocenters. The molecule has 17 heavy (non-hydrogen) atoms. The molecular weight excluding hydrogens is 232 g/mol. The molecule has 0 radical (unpaired) electrons. The lowest BCUT2D eigenvalue weighted by molar-refractivity contribution is -0.339. The van der Waals surface area contributed by atoms with Gasteiger partial charge in [-0.1, -0.05) is 5.23 Å². The standard InChI is InChI=1S/C5H11NO4.C4H11NO2/c1-5(8-2,9-3)10-4(6)7;1-4-5(6-2)7-3/h1-3H3,(H2,6,7);4H2,1-3H3. The van der Waals surface area contributed by atoms with Gasteiger partial charge in [-0.2, -0.15) is 0 Å². The predicted molar refractivity (Wildman–Crippen MR) is 59.5 cm³/mol. The summed E-state index contributed by atoms with van der Waals surface area (Å²) in [5, 5.41) is 1.38. The Morgan fingerprint density at radius 3 is 1.65 bits per heavy atom. The van der Waals surface area contributed by atoms with Crippen LogP contribution >= 0.6 is 0 Å². The molecule has 2 N–H and O–H groups in total. The molecular formula is C9H22N2O6. The minimum absolute atomic E-state index is 0.743. The lowest BCUT2D eigenvalue weighted by Gasteiger charge is -2.23.